The first-order valence-corrected chi connectivity index (χ1v) is 19.0. The van der Waals surface area contributed by atoms with Crippen molar-refractivity contribution in [1.82, 2.24) is 31.1 Å². The lowest BCUT2D eigenvalue weighted by atomic mass is 10.0. The first kappa shape index (κ1) is 40.5. The molecule has 2 aromatic rings. The van der Waals surface area contributed by atoms with Crippen LogP contribution < -0.4 is 30.7 Å². The van der Waals surface area contributed by atoms with Gasteiger partial charge in [0, 0.05) is 25.9 Å². The van der Waals surface area contributed by atoms with E-state index in [1.54, 1.807) is 50.4 Å². The van der Waals surface area contributed by atoms with Gasteiger partial charge in [-0.05, 0) is 80.5 Å². The van der Waals surface area contributed by atoms with Gasteiger partial charge in [-0.25, -0.2) is 0 Å². The Labute approximate surface area is 318 Å². The van der Waals surface area contributed by atoms with Crippen LogP contribution >= 0.6 is 0 Å². The average Bonchev–Trinajstić information content (AvgIpc) is 3.97. The number of carbonyl (C=O) groups is 5. The number of fused-ring (bicyclic) bond motifs is 17. The van der Waals surface area contributed by atoms with Crippen LogP contribution in [0.15, 0.2) is 48.5 Å². The SMILES string of the molecule is COc1ccc(C[C@@H]2NC(=O)[C@@H](NC(=O)[C@@H]3COCCN3C)Cc3ccc(cc3)OC[C@H](CC(C)C)NC(=O)CN(CC3CC3)C(=O)[C@@H](C)NC2=O)cc1. The summed E-state index contributed by atoms with van der Waals surface area (Å²) >= 11 is 0. The third kappa shape index (κ3) is 11.9. The molecule has 5 atom stereocenters. The molecule has 2 fully saturated rings. The number of hydrogen-bond acceptors (Lipinski definition) is 9. The number of morpholine rings is 1. The number of likely N-dealkylation sites (N-methyl/N-ethyl adjacent to an activating group) is 1. The van der Waals surface area contributed by atoms with Gasteiger partial charge < -0.3 is 40.4 Å². The highest BCUT2D eigenvalue weighted by atomic mass is 16.5. The Balaban J connectivity index is 1.46. The largest absolute Gasteiger partial charge is 0.497 e. The van der Waals surface area contributed by atoms with E-state index < -0.39 is 41.9 Å². The first-order chi connectivity index (χ1) is 25.9. The second kappa shape index (κ2) is 19.1. The van der Waals surface area contributed by atoms with Crippen LogP contribution in [-0.2, 0) is 41.6 Å². The summed E-state index contributed by atoms with van der Waals surface area (Å²) in [7, 11) is 3.39. The molecule has 0 aromatic heterocycles. The van der Waals surface area contributed by atoms with Crippen molar-refractivity contribution in [3.63, 3.8) is 0 Å². The van der Waals surface area contributed by atoms with Crippen molar-refractivity contribution < 1.29 is 38.2 Å². The standard InChI is InChI=1S/C40H56N6O8/c1-25(2)18-30-23-54-32-14-10-28(11-15-32)20-34(44-39(50)35-24-53-17-16-45(35)4)38(49)43-33(19-27-8-12-31(52-5)13-9-27)37(48)41-26(3)40(51)46(21-29-6-7-29)22-36(47)42-30/h8-15,25-26,29-30,33-35H,6-7,16-24H2,1-5H3,(H,41,48)(H,42,47)(H,43,49)(H,44,50)/t26-,30+,33+,34+,35+/m1/s1. The van der Waals surface area contributed by atoms with Crippen molar-refractivity contribution in [2.75, 3.05) is 53.6 Å². The van der Waals surface area contributed by atoms with E-state index in [0.717, 1.165) is 24.0 Å². The maximum absolute atomic E-state index is 14.2. The zero-order valence-electron chi connectivity index (χ0n) is 32.1. The van der Waals surface area contributed by atoms with Crippen LogP contribution in [0.2, 0.25) is 0 Å². The van der Waals surface area contributed by atoms with Crippen LogP contribution in [0.1, 0.15) is 51.2 Å². The number of nitrogens with one attached hydrogen (secondary N) is 4. The molecule has 294 valence electrons. The molecule has 2 aromatic carbocycles. The molecular formula is C40H56N6O8. The van der Waals surface area contributed by atoms with Crippen molar-refractivity contribution in [2.45, 2.75) is 83.1 Å². The molecule has 1 saturated carbocycles. The number of methoxy groups -OCH3 is 1. The van der Waals surface area contributed by atoms with Crippen LogP contribution in [0.5, 0.6) is 11.5 Å². The van der Waals surface area contributed by atoms with Gasteiger partial charge in [0.15, 0.2) is 0 Å². The summed E-state index contributed by atoms with van der Waals surface area (Å²) < 4.78 is 17.0. The minimum absolute atomic E-state index is 0.0970. The highest BCUT2D eigenvalue weighted by Crippen LogP contribution is 2.30. The van der Waals surface area contributed by atoms with Crippen molar-refractivity contribution >= 4 is 29.5 Å². The average molecular weight is 749 g/mol. The Morgan fingerprint density at radius 1 is 0.963 bits per heavy atom. The van der Waals surface area contributed by atoms with Gasteiger partial charge in [0.1, 0.15) is 42.3 Å². The molecule has 14 nitrogen and oxygen atoms in total. The molecule has 54 heavy (non-hydrogen) atoms. The number of ether oxygens (including phenoxy) is 3. The van der Waals surface area contributed by atoms with Crippen molar-refractivity contribution in [2.24, 2.45) is 11.8 Å². The van der Waals surface area contributed by atoms with Gasteiger partial charge in [-0.2, -0.15) is 0 Å². The fourth-order valence-electron chi connectivity index (χ4n) is 6.75. The minimum atomic E-state index is -1.11. The summed E-state index contributed by atoms with van der Waals surface area (Å²) in [6.45, 7) is 7.44. The van der Waals surface area contributed by atoms with E-state index in [4.69, 9.17) is 14.2 Å². The van der Waals surface area contributed by atoms with Gasteiger partial charge >= 0.3 is 0 Å². The van der Waals surface area contributed by atoms with E-state index in [9.17, 15) is 24.0 Å². The van der Waals surface area contributed by atoms with E-state index in [1.165, 1.54) is 4.90 Å². The molecule has 14 heteroatoms. The maximum atomic E-state index is 14.2. The van der Waals surface area contributed by atoms with Crippen LogP contribution in [-0.4, -0.2) is 123 Å². The quantitative estimate of drug-likeness (QED) is 0.278. The highest BCUT2D eigenvalue weighted by molar-refractivity contribution is 5.95. The first-order valence-electron chi connectivity index (χ1n) is 19.0. The fraction of sp³-hybridized carbons (Fsp3) is 0.575. The summed E-state index contributed by atoms with van der Waals surface area (Å²) in [5.74, 6) is -0.414. The van der Waals surface area contributed by atoms with Crippen LogP contribution in [0, 0.1) is 11.8 Å². The van der Waals surface area contributed by atoms with E-state index >= 15 is 0 Å². The molecular weight excluding hydrogens is 692 g/mol. The van der Waals surface area contributed by atoms with Gasteiger partial charge in [0.05, 0.1) is 32.9 Å². The Bertz CT molecular complexity index is 1600. The van der Waals surface area contributed by atoms with E-state index in [1.807, 2.05) is 24.1 Å². The molecule has 3 heterocycles. The molecule has 0 unspecified atom stereocenters. The molecule has 2 bridgehead atoms. The summed E-state index contributed by atoms with van der Waals surface area (Å²) in [4.78, 5) is 72.6. The molecule has 1 aliphatic carbocycles. The Kier molecular flexibility index (Phi) is 14.3. The second-order valence-corrected chi connectivity index (χ2v) is 15.2. The van der Waals surface area contributed by atoms with Crippen LogP contribution in [0.4, 0.5) is 0 Å². The van der Waals surface area contributed by atoms with E-state index in [-0.39, 0.29) is 56.4 Å². The number of benzene rings is 2. The van der Waals surface area contributed by atoms with Gasteiger partial charge in [-0.3, -0.25) is 28.9 Å². The molecule has 6 rings (SSSR count). The lowest BCUT2D eigenvalue weighted by Gasteiger charge is -2.32. The molecule has 4 aliphatic rings. The Morgan fingerprint density at radius 2 is 1.69 bits per heavy atom. The lowest BCUT2D eigenvalue weighted by molar-refractivity contribution is -0.140. The highest BCUT2D eigenvalue weighted by Gasteiger charge is 2.35. The van der Waals surface area contributed by atoms with Crippen molar-refractivity contribution in [3.05, 3.63) is 59.7 Å². The second-order valence-electron chi connectivity index (χ2n) is 15.2. The molecule has 5 amide bonds. The monoisotopic (exact) mass is 748 g/mol. The van der Waals surface area contributed by atoms with Crippen LogP contribution in [0.3, 0.4) is 0 Å². The van der Waals surface area contributed by atoms with E-state index in [0.29, 0.717) is 43.5 Å². The summed E-state index contributed by atoms with van der Waals surface area (Å²) in [5.41, 5.74) is 1.49. The number of hydrogen-bond donors (Lipinski definition) is 4. The smallest absolute Gasteiger partial charge is 0.245 e. The zero-order chi connectivity index (χ0) is 38.8. The molecule has 0 spiro atoms. The summed E-state index contributed by atoms with van der Waals surface area (Å²) in [6.07, 6.45) is 2.82. The van der Waals surface area contributed by atoms with Gasteiger partial charge in [0.2, 0.25) is 29.5 Å². The molecule has 3 aliphatic heterocycles. The van der Waals surface area contributed by atoms with Gasteiger partial charge in [0.25, 0.3) is 0 Å². The molecule has 4 N–H and O–H groups in total. The zero-order valence-corrected chi connectivity index (χ0v) is 32.1. The minimum Gasteiger partial charge on any atom is -0.497 e. The Hall–Kier alpha value is -4.69. The Morgan fingerprint density at radius 3 is 2.33 bits per heavy atom. The normalized spacial score (nSPS) is 25.3. The van der Waals surface area contributed by atoms with E-state index in [2.05, 4.69) is 35.1 Å². The topological polar surface area (TPSA) is 168 Å². The molecule has 0 radical (unpaired) electrons. The number of carbonyl (C=O) groups excluding carboxylic acids is 5. The summed E-state index contributed by atoms with van der Waals surface area (Å²) in [5, 5.41) is 11.7. The third-order valence-corrected chi connectivity index (χ3v) is 10.0. The van der Waals surface area contributed by atoms with Crippen molar-refractivity contribution in [1.29, 1.82) is 0 Å². The third-order valence-electron chi connectivity index (χ3n) is 10.0. The lowest BCUT2D eigenvalue weighted by Crippen LogP contribution is -2.60. The van der Waals surface area contributed by atoms with Crippen LogP contribution in [0.25, 0.3) is 0 Å². The predicted octanol–water partition coefficient (Wildman–Crippen LogP) is 1.45. The van der Waals surface area contributed by atoms with Gasteiger partial charge in [-0.1, -0.05) is 38.1 Å². The maximum Gasteiger partial charge on any atom is 0.245 e. The number of nitrogens with zero attached hydrogens (tertiary/aromatic N) is 2. The molecule has 1 saturated heterocycles. The van der Waals surface area contributed by atoms with Gasteiger partial charge in [-0.15, -0.1) is 0 Å². The van der Waals surface area contributed by atoms with Crippen molar-refractivity contribution in [3.8, 4) is 11.5 Å². The summed E-state index contributed by atoms with van der Waals surface area (Å²) in [6, 6.07) is 10.3. The predicted molar refractivity (Wildman–Crippen MR) is 202 cm³/mol. The fourth-order valence-corrected chi connectivity index (χ4v) is 6.75. The number of rotatable bonds is 9. The number of amides is 5.